The zero-order valence-electron chi connectivity index (χ0n) is 11.7. The van der Waals surface area contributed by atoms with Crippen LogP contribution in [-0.4, -0.2) is 36.0 Å². The van der Waals surface area contributed by atoms with Crippen molar-refractivity contribution in [1.29, 1.82) is 0 Å². The lowest BCUT2D eigenvalue weighted by Crippen LogP contribution is -2.25. The monoisotopic (exact) mass is 305 g/mol. The Morgan fingerprint density at radius 1 is 1.14 bits per heavy atom. The van der Waals surface area contributed by atoms with E-state index < -0.39 is 5.97 Å². The largest absolute Gasteiger partial charge is 0.497 e. The zero-order valence-corrected chi connectivity index (χ0v) is 12.5. The van der Waals surface area contributed by atoms with Gasteiger partial charge in [-0.05, 0) is 29.8 Å². The third-order valence-electron chi connectivity index (χ3n) is 2.95. The molecule has 0 radical (unpaired) electrons. The van der Waals surface area contributed by atoms with Crippen LogP contribution in [0.2, 0.25) is 0 Å². The second-order valence-electron chi connectivity index (χ2n) is 4.48. The average molecular weight is 305 g/mol. The van der Waals surface area contributed by atoms with Gasteiger partial charge in [0.15, 0.2) is 0 Å². The molecular formula is C15H15NO4S. The smallest absolute Gasteiger partial charge is 0.345 e. The van der Waals surface area contributed by atoms with Gasteiger partial charge in [0.2, 0.25) is 0 Å². The summed E-state index contributed by atoms with van der Waals surface area (Å²) in [7, 11) is 3.29. The van der Waals surface area contributed by atoms with Crippen LogP contribution >= 0.6 is 11.3 Å². The molecule has 2 rings (SSSR count). The summed E-state index contributed by atoms with van der Waals surface area (Å²) in [5.41, 5.74) is 0.974. The molecule has 1 heterocycles. The van der Waals surface area contributed by atoms with Gasteiger partial charge >= 0.3 is 5.97 Å². The second-order valence-corrected chi connectivity index (χ2v) is 5.56. The molecule has 1 amide bonds. The molecule has 1 aromatic carbocycles. The lowest BCUT2D eigenvalue weighted by molar-refractivity contribution is 0.0701. The number of carboxylic acid groups (broad SMARTS) is 1. The van der Waals surface area contributed by atoms with Gasteiger partial charge in [-0.2, -0.15) is 0 Å². The van der Waals surface area contributed by atoms with Crippen LogP contribution in [0.25, 0.3) is 0 Å². The summed E-state index contributed by atoms with van der Waals surface area (Å²) in [6.07, 6.45) is 0. The van der Waals surface area contributed by atoms with Crippen molar-refractivity contribution in [3.63, 3.8) is 0 Å². The third kappa shape index (κ3) is 3.61. The van der Waals surface area contributed by atoms with Crippen LogP contribution in [0.15, 0.2) is 36.4 Å². The number of benzene rings is 1. The van der Waals surface area contributed by atoms with Gasteiger partial charge in [0.05, 0.1) is 12.0 Å². The molecule has 0 aliphatic heterocycles. The summed E-state index contributed by atoms with van der Waals surface area (Å²) < 4.78 is 5.08. The van der Waals surface area contributed by atoms with E-state index in [1.54, 1.807) is 25.1 Å². The van der Waals surface area contributed by atoms with E-state index in [4.69, 9.17) is 9.84 Å². The first kappa shape index (κ1) is 15.1. The molecular weight excluding hydrogens is 290 g/mol. The third-order valence-corrected chi connectivity index (χ3v) is 4.01. The molecule has 5 nitrogen and oxygen atoms in total. The minimum atomic E-state index is -1.02. The molecule has 0 bridgehead atoms. The molecule has 0 atom stereocenters. The normalized spacial score (nSPS) is 10.2. The molecule has 1 N–H and O–H groups in total. The predicted octanol–water partition coefficient (Wildman–Crippen LogP) is 2.73. The number of amides is 1. The van der Waals surface area contributed by atoms with Crippen molar-refractivity contribution < 1.29 is 19.4 Å². The number of hydrogen-bond acceptors (Lipinski definition) is 4. The van der Waals surface area contributed by atoms with Gasteiger partial charge in [-0.25, -0.2) is 4.79 Å². The fraction of sp³-hybridized carbons (Fsp3) is 0.200. The number of methoxy groups -OCH3 is 1. The van der Waals surface area contributed by atoms with Crippen LogP contribution in [-0.2, 0) is 6.54 Å². The fourth-order valence-electron chi connectivity index (χ4n) is 1.83. The van der Waals surface area contributed by atoms with E-state index in [0.29, 0.717) is 11.4 Å². The Labute approximate surface area is 126 Å². The number of rotatable bonds is 5. The fourth-order valence-corrected chi connectivity index (χ4v) is 2.67. The van der Waals surface area contributed by atoms with Crippen molar-refractivity contribution in [3.8, 4) is 5.75 Å². The first-order valence-corrected chi connectivity index (χ1v) is 7.04. The van der Waals surface area contributed by atoms with Gasteiger partial charge in [-0.15, -0.1) is 11.3 Å². The summed E-state index contributed by atoms with van der Waals surface area (Å²) >= 11 is 0.983. The minimum absolute atomic E-state index is 0.163. The Bertz CT molecular complexity index is 648. The van der Waals surface area contributed by atoms with Crippen LogP contribution in [0.1, 0.15) is 24.9 Å². The van der Waals surface area contributed by atoms with E-state index in [1.807, 2.05) is 24.3 Å². The molecule has 0 unspecified atom stereocenters. The summed E-state index contributed by atoms with van der Waals surface area (Å²) in [4.78, 5) is 25.2. The van der Waals surface area contributed by atoms with Crippen molar-refractivity contribution in [1.82, 2.24) is 4.90 Å². The van der Waals surface area contributed by atoms with Crippen molar-refractivity contribution in [2.75, 3.05) is 14.2 Å². The van der Waals surface area contributed by atoms with Crippen molar-refractivity contribution in [2.24, 2.45) is 0 Å². The molecule has 0 saturated heterocycles. The van der Waals surface area contributed by atoms with Gasteiger partial charge < -0.3 is 14.7 Å². The zero-order chi connectivity index (χ0) is 15.4. The summed E-state index contributed by atoms with van der Waals surface area (Å²) in [6.45, 7) is 0.448. The Morgan fingerprint density at radius 3 is 2.29 bits per heavy atom. The Balaban J connectivity index is 2.05. The van der Waals surface area contributed by atoms with E-state index in [1.165, 1.54) is 6.07 Å². The molecule has 6 heteroatoms. The standard InChI is InChI=1S/C15H15NO4S/c1-16(9-10-3-5-11(20-2)6-4-10)14(17)12-7-8-13(21-12)15(18)19/h3-8H,9H2,1-2H3,(H,18,19). The minimum Gasteiger partial charge on any atom is -0.497 e. The number of carbonyl (C=O) groups excluding carboxylic acids is 1. The van der Waals surface area contributed by atoms with Crippen molar-refractivity contribution in [3.05, 3.63) is 51.7 Å². The van der Waals surface area contributed by atoms with Crippen LogP contribution in [0, 0.1) is 0 Å². The molecule has 0 saturated carbocycles. The number of carbonyl (C=O) groups is 2. The van der Waals surface area contributed by atoms with Gasteiger partial charge in [-0.1, -0.05) is 12.1 Å². The second kappa shape index (κ2) is 6.41. The number of carboxylic acids is 1. The van der Waals surface area contributed by atoms with Gasteiger partial charge in [0.25, 0.3) is 5.91 Å². The molecule has 110 valence electrons. The maximum atomic E-state index is 12.2. The highest BCUT2D eigenvalue weighted by Gasteiger charge is 2.16. The molecule has 1 aromatic heterocycles. The van der Waals surface area contributed by atoms with E-state index in [-0.39, 0.29) is 10.8 Å². The highest BCUT2D eigenvalue weighted by Crippen LogP contribution is 2.19. The first-order chi connectivity index (χ1) is 10.0. The lowest BCUT2D eigenvalue weighted by Gasteiger charge is -2.16. The molecule has 0 aliphatic rings. The van der Waals surface area contributed by atoms with Crippen LogP contribution in [0.5, 0.6) is 5.75 Å². The lowest BCUT2D eigenvalue weighted by atomic mass is 10.2. The van der Waals surface area contributed by atoms with Crippen molar-refractivity contribution in [2.45, 2.75) is 6.54 Å². The van der Waals surface area contributed by atoms with Crippen molar-refractivity contribution >= 4 is 23.2 Å². The van der Waals surface area contributed by atoms with Gasteiger partial charge in [0, 0.05) is 13.6 Å². The Kier molecular flexibility index (Phi) is 4.59. The van der Waals surface area contributed by atoms with E-state index in [2.05, 4.69) is 0 Å². The topological polar surface area (TPSA) is 66.8 Å². The number of thiophene rings is 1. The number of hydrogen-bond donors (Lipinski definition) is 1. The summed E-state index contributed by atoms with van der Waals surface area (Å²) in [5.74, 6) is -0.447. The molecule has 0 spiro atoms. The highest BCUT2D eigenvalue weighted by atomic mass is 32.1. The van der Waals surface area contributed by atoms with Gasteiger partial charge in [0.1, 0.15) is 10.6 Å². The van der Waals surface area contributed by atoms with Crippen LogP contribution in [0.4, 0.5) is 0 Å². The average Bonchev–Trinajstić information content (AvgIpc) is 2.97. The maximum Gasteiger partial charge on any atom is 0.345 e. The van der Waals surface area contributed by atoms with E-state index in [9.17, 15) is 9.59 Å². The van der Waals surface area contributed by atoms with Crippen LogP contribution < -0.4 is 4.74 Å². The Hall–Kier alpha value is -2.34. The SMILES string of the molecule is COc1ccc(CN(C)C(=O)c2ccc(C(=O)O)s2)cc1. The molecule has 2 aromatic rings. The number of aromatic carboxylic acids is 1. The predicted molar refractivity (Wildman–Crippen MR) is 80.1 cm³/mol. The van der Waals surface area contributed by atoms with Crippen LogP contribution in [0.3, 0.4) is 0 Å². The van der Waals surface area contributed by atoms with Gasteiger partial charge in [-0.3, -0.25) is 4.79 Å². The molecule has 0 fully saturated rings. The quantitative estimate of drug-likeness (QED) is 0.922. The highest BCUT2D eigenvalue weighted by molar-refractivity contribution is 7.15. The first-order valence-electron chi connectivity index (χ1n) is 6.23. The summed E-state index contributed by atoms with van der Waals surface area (Å²) in [5, 5.41) is 8.88. The van der Waals surface area contributed by atoms with E-state index >= 15 is 0 Å². The molecule has 21 heavy (non-hydrogen) atoms. The molecule has 0 aliphatic carbocycles. The number of ether oxygens (including phenoxy) is 1. The maximum absolute atomic E-state index is 12.2. The van der Waals surface area contributed by atoms with E-state index in [0.717, 1.165) is 22.6 Å². The summed E-state index contributed by atoms with van der Waals surface area (Å²) in [6, 6.07) is 10.4. The number of nitrogens with zero attached hydrogens (tertiary/aromatic N) is 1. The Morgan fingerprint density at radius 2 is 1.76 bits per heavy atom.